The Morgan fingerprint density at radius 1 is 1.28 bits per heavy atom. The number of hydrogen-bond donors (Lipinski definition) is 2. The molecule has 1 fully saturated rings. The summed E-state index contributed by atoms with van der Waals surface area (Å²) in [4.78, 5) is 12.4. The lowest BCUT2D eigenvalue weighted by Gasteiger charge is -2.30. The zero-order valence-electron chi connectivity index (χ0n) is 14.2. The van der Waals surface area contributed by atoms with Crippen LogP contribution in [0.2, 0.25) is 0 Å². The number of methoxy groups -OCH3 is 1. The number of alkyl halides is 2. The van der Waals surface area contributed by atoms with E-state index in [1.54, 1.807) is 0 Å². The molecule has 0 radical (unpaired) electrons. The van der Waals surface area contributed by atoms with E-state index in [0.29, 0.717) is 12.5 Å². The summed E-state index contributed by atoms with van der Waals surface area (Å²) in [7, 11) is 1.35. The molecule has 1 saturated carbocycles. The van der Waals surface area contributed by atoms with Gasteiger partial charge in [-0.15, -0.1) is 12.4 Å². The van der Waals surface area contributed by atoms with Crippen molar-refractivity contribution >= 4 is 18.3 Å². The first kappa shape index (κ1) is 21.4. The summed E-state index contributed by atoms with van der Waals surface area (Å²) in [5.41, 5.74) is 6.05. The fraction of sp³-hybridized carbons (Fsp3) is 0.588. The van der Waals surface area contributed by atoms with E-state index in [1.807, 2.05) is 0 Å². The molecule has 8 heteroatoms. The Hall–Kier alpha value is -1.60. The van der Waals surface area contributed by atoms with Crippen molar-refractivity contribution in [1.29, 1.82) is 0 Å². The van der Waals surface area contributed by atoms with Gasteiger partial charge in [-0.25, -0.2) is 0 Å². The third-order valence-electron chi connectivity index (χ3n) is 4.43. The van der Waals surface area contributed by atoms with E-state index >= 15 is 0 Å². The smallest absolute Gasteiger partial charge is 0.387 e. The van der Waals surface area contributed by atoms with Crippen molar-refractivity contribution in [3.05, 3.63) is 23.8 Å². The quantitative estimate of drug-likeness (QED) is 0.763. The topological polar surface area (TPSA) is 73.6 Å². The maximum atomic E-state index is 12.5. The molecular formula is C17H25ClF2N2O3. The molecule has 3 N–H and O–H groups in total. The van der Waals surface area contributed by atoms with Crippen LogP contribution in [0.15, 0.2) is 18.2 Å². The van der Waals surface area contributed by atoms with Crippen LogP contribution in [-0.2, 0) is 0 Å². The number of amides is 1. The molecule has 1 aliphatic rings. The minimum atomic E-state index is -2.99. The lowest BCUT2D eigenvalue weighted by Crippen LogP contribution is -2.45. The highest BCUT2D eigenvalue weighted by Crippen LogP contribution is 2.30. The van der Waals surface area contributed by atoms with Gasteiger partial charge in [-0.3, -0.25) is 4.79 Å². The molecule has 1 aromatic carbocycles. The number of hydrogen-bond acceptors (Lipinski definition) is 4. The lowest BCUT2D eigenvalue weighted by molar-refractivity contribution is -0.0512. The van der Waals surface area contributed by atoms with E-state index in [2.05, 4.69) is 10.1 Å². The number of benzene rings is 1. The predicted octanol–water partition coefficient (Wildman–Crippen LogP) is 3.36. The van der Waals surface area contributed by atoms with Gasteiger partial charge in [0.05, 0.1) is 7.11 Å². The molecule has 0 aliphatic heterocycles. The SMILES string of the molecule is COc1ccc(C(=O)NC(CN)C2CCCCC2)cc1OC(F)F.Cl. The van der Waals surface area contributed by atoms with E-state index in [-0.39, 0.29) is 41.4 Å². The summed E-state index contributed by atoms with van der Waals surface area (Å²) >= 11 is 0. The molecule has 0 spiro atoms. The molecule has 1 atom stereocenters. The standard InChI is InChI=1S/C17H24F2N2O3.ClH/c1-23-14-8-7-12(9-15(14)24-17(18)19)16(22)21-13(10-20)11-5-3-2-4-6-11;/h7-9,11,13,17H,2-6,10,20H2,1H3,(H,21,22);1H. The summed E-state index contributed by atoms with van der Waals surface area (Å²) in [6, 6.07) is 4.10. The number of nitrogens with two attached hydrogens (primary N) is 1. The molecule has 0 heterocycles. The van der Waals surface area contributed by atoms with Crippen molar-refractivity contribution in [2.45, 2.75) is 44.8 Å². The molecule has 1 amide bonds. The molecule has 2 rings (SSSR count). The summed E-state index contributed by atoms with van der Waals surface area (Å²) in [6.45, 7) is -2.64. The minimum Gasteiger partial charge on any atom is -0.493 e. The highest BCUT2D eigenvalue weighted by atomic mass is 35.5. The first-order valence-corrected chi connectivity index (χ1v) is 8.19. The largest absolute Gasteiger partial charge is 0.493 e. The van der Waals surface area contributed by atoms with Crippen LogP contribution in [0.4, 0.5) is 8.78 Å². The Kier molecular flexibility index (Phi) is 8.92. The Balaban J connectivity index is 0.00000312. The number of carbonyl (C=O) groups is 1. The van der Waals surface area contributed by atoms with E-state index < -0.39 is 6.61 Å². The summed E-state index contributed by atoms with van der Waals surface area (Å²) in [5.74, 6) is -0.00264. The van der Waals surface area contributed by atoms with Gasteiger partial charge in [-0.2, -0.15) is 8.78 Å². The second kappa shape index (κ2) is 10.4. The van der Waals surface area contributed by atoms with Crippen LogP contribution in [-0.4, -0.2) is 32.2 Å². The summed E-state index contributed by atoms with van der Waals surface area (Å²) in [5, 5.41) is 2.92. The number of nitrogens with one attached hydrogen (secondary N) is 1. The molecule has 1 unspecified atom stereocenters. The minimum absolute atomic E-state index is 0. The van der Waals surface area contributed by atoms with Crippen molar-refractivity contribution in [1.82, 2.24) is 5.32 Å². The van der Waals surface area contributed by atoms with Crippen LogP contribution in [0.25, 0.3) is 0 Å². The zero-order chi connectivity index (χ0) is 17.5. The molecule has 0 bridgehead atoms. The van der Waals surface area contributed by atoms with E-state index in [9.17, 15) is 13.6 Å². The molecule has 5 nitrogen and oxygen atoms in total. The van der Waals surface area contributed by atoms with Crippen LogP contribution >= 0.6 is 12.4 Å². The first-order valence-electron chi connectivity index (χ1n) is 8.19. The molecule has 0 saturated heterocycles. The molecule has 0 aromatic heterocycles. The maximum absolute atomic E-state index is 12.5. The third-order valence-corrected chi connectivity index (χ3v) is 4.43. The average molecular weight is 379 g/mol. The van der Waals surface area contributed by atoms with Crippen molar-refractivity contribution < 1.29 is 23.0 Å². The van der Waals surface area contributed by atoms with E-state index in [1.165, 1.54) is 31.7 Å². The van der Waals surface area contributed by atoms with Gasteiger partial charge in [0.15, 0.2) is 11.5 Å². The highest BCUT2D eigenvalue weighted by molar-refractivity contribution is 5.95. The van der Waals surface area contributed by atoms with Crippen molar-refractivity contribution in [2.24, 2.45) is 11.7 Å². The van der Waals surface area contributed by atoms with Crippen LogP contribution in [0, 0.1) is 5.92 Å². The van der Waals surface area contributed by atoms with Crippen molar-refractivity contribution in [3.8, 4) is 11.5 Å². The Morgan fingerprint density at radius 2 is 1.96 bits per heavy atom. The number of halogens is 3. The summed E-state index contributed by atoms with van der Waals surface area (Å²) < 4.78 is 34.3. The van der Waals surface area contributed by atoms with Gasteiger partial charge in [0.2, 0.25) is 0 Å². The number of carbonyl (C=O) groups excluding carboxylic acids is 1. The first-order chi connectivity index (χ1) is 11.5. The summed E-state index contributed by atoms with van der Waals surface area (Å²) in [6.07, 6.45) is 5.60. The number of ether oxygens (including phenoxy) is 2. The van der Waals surface area contributed by atoms with E-state index in [4.69, 9.17) is 10.5 Å². The second-order valence-corrected chi connectivity index (χ2v) is 5.96. The van der Waals surface area contributed by atoms with Crippen molar-refractivity contribution in [2.75, 3.05) is 13.7 Å². The van der Waals surface area contributed by atoms with Crippen LogP contribution < -0.4 is 20.5 Å². The Bertz CT molecular complexity index is 555. The van der Waals surface area contributed by atoms with Crippen molar-refractivity contribution in [3.63, 3.8) is 0 Å². The van der Waals surface area contributed by atoms with Crippen LogP contribution in [0.5, 0.6) is 11.5 Å². The van der Waals surface area contributed by atoms with Gasteiger partial charge >= 0.3 is 6.61 Å². The monoisotopic (exact) mass is 378 g/mol. The van der Waals surface area contributed by atoms with Gasteiger partial charge < -0.3 is 20.5 Å². The van der Waals surface area contributed by atoms with Crippen LogP contribution in [0.3, 0.4) is 0 Å². The molecule has 1 aromatic rings. The van der Waals surface area contributed by atoms with Crippen LogP contribution in [0.1, 0.15) is 42.5 Å². The van der Waals surface area contributed by atoms with Gasteiger partial charge in [-0.05, 0) is 37.0 Å². The molecule has 25 heavy (non-hydrogen) atoms. The number of rotatable bonds is 7. The maximum Gasteiger partial charge on any atom is 0.387 e. The molecule has 142 valence electrons. The highest BCUT2D eigenvalue weighted by Gasteiger charge is 2.25. The van der Waals surface area contributed by atoms with Gasteiger partial charge in [0.1, 0.15) is 0 Å². The lowest BCUT2D eigenvalue weighted by atomic mass is 9.84. The fourth-order valence-corrected chi connectivity index (χ4v) is 3.16. The Labute approximate surface area is 152 Å². The normalized spacial score (nSPS) is 16.0. The van der Waals surface area contributed by atoms with Gasteiger partial charge in [0, 0.05) is 18.2 Å². The molecular weight excluding hydrogens is 354 g/mol. The Morgan fingerprint density at radius 3 is 2.52 bits per heavy atom. The molecule has 1 aliphatic carbocycles. The predicted molar refractivity (Wildman–Crippen MR) is 93.8 cm³/mol. The van der Waals surface area contributed by atoms with E-state index in [0.717, 1.165) is 25.7 Å². The van der Waals surface area contributed by atoms with Gasteiger partial charge in [0.25, 0.3) is 5.91 Å². The average Bonchev–Trinajstić information content (AvgIpc) is 2.59. The zero-order valence-corrected chi connectivity index (χ0v) is 15.0. The van der Waals surface area contributed by atoms with Gasteiger partial charge in [-0.1, -0.05) is 19.3 Å². The second-order valence-electron chi connectivity index (χ2n) is 5.96. The third kappa shape index (κ3) is 6.01. The fourth-order valence-electron chi connectivity index (χ4n) is 3.16.